The molecule has 1 saturated heterocycles. The molecule has 1 aliphatic rings. The fourth-order valence-corrected chi connectivity index (χ4v) is 6.85. The van der Waals surface area contributed by atoms with Crippen molar-refractivity contribution in [1.82, 2.24) is 14.7 Å². The Morgan fingerprint density at radius 1 is 0.722 bits per heavy atom. The van der Waals surface area contributed by atoms with Gasteiger partial charge in [-0.2, -0.15) is 13.2 Å². The van der Waals surface area contributed by atoms with E-state index in [2.05, 4.69) is 69.0 Å². The second-order valence-corrected chi connectivity index (χ2v) is 15.4. The molecule has 2 amide bonds. The van der Waals surface area contributed by atoms with Gasteiger partial charge in [-0.3, -0.25) is 14.5 Å². The van der Waals surface area contributed by atoms with Crippen LogP contribution in [0.5, 0.6) is 0 Å². The molecule has 5 nitrogen and oxygen atoms in total. The minimum Gasteiger partial charge on any atom is -0.338 e. The minimum absolute atomic E-state index is 0.0407. The van der Waals surface area contributed by atoms with Gasteiger partial charge in [-0.15, -0.1) is 0 Å². The maximum Gasteiger partial charge on any atom is 0.416 e. The first kappa shape index (κ1) is 40.5. The van der Waals surface area contributed by atoms with Crippen molar-refractivity contribution in [2.75, 3.05) is 26.2 Å². The molecule has 0 spiro atoms. The number of benzene rings is 4. The maximum atomic E-state index is 14.7. The van der Waals surface area contributed by atoms with Gasteiger partial charge in [-0.1, -0.05) is 132 Å². The van der Waals surface area contributed by atoms with Crippen molar-refractivity contribution in [2.24, 2.45) is 0 Å². The van der Waals surface area contributed by atoms with E-state index in [1.54, 1.807) is 4.90 Å². The summed E-state index contributed by atoms with van der Waals surface area (Å²) in [7, 11) is 0. The van der Waals surface area contributed by atoms with E-state index in [1.807, 2.05) is 47.4 Å². The fourth-order valence-electron chi connectivity index (χ4n) is 6.85. The molecule has 1 fully saturated rings. The van der Waals surface area contributed by atoms with Crippen molar-refractivity contribution in [1.29, 1.82) is 0 Å². The highest BCUT2D eigenvalue weighted by atomic mass is 19.4. The van der Waals surface area contributed by atoms with Crippen molar-refractivity contribution >= 4 is 17.9 Å². The molecule has 54 heavy (non-hydrogen) atoms. The van der Waals surface area contributed by atoms with Gasteiger partial charge in [0.1, 0.15) is 6.04 Å². The first-order chi connectivity index (χ1) is 25.8. The smallest absolute Gasteiger partial charge is 0.338 e. The van der Waals surface area contributed by atoms with Gasteiger partial charge in [0.25, 0.3) is 0 Å². The van der Waals surface area contributed by atoms with Crippen LogP contribution in [0, 0.1) is 0 Å². The quantitative estimate of drug-likeness (QED) is 0.0957. The number of unbranched alkanes of at least 4 members (excludes halogenated alkanes) is 2. The Morgan fingerprint density at radius 3 is 1.91 bits per heavy atom. The van der Waals surface area contributed by atoms with Gasteiger partial charge in [0.15, 0.2) is 0 Å². The summed E-state index contributed by atoms with van der Waals surface area (Å²) < 4.78 is 39.7. The number of carbonyl (C=O) groups is 2. The number of amides is 2. The summed E-state index contributed by atoms with van der Waals surface area (Å²) in [6, 6.07) is 30.7. The monoisotopic (exact) mass is 737 g/mol. The van der Waals surface area contributed by atoms with Crippen LogP contribution in [0.15, 0.2) is 109 Å². The van der Waals surface area contributed by atoms with Crippen LogP contribution in [-0.2, 0) is 47.1 Å². The second-order valence-electron chi connectivity index (χ2n) is 15.4. The van der Waals surface area contributed by atoms with Crippen molar-refractivity contribution in [3.05, 3.63) is 148 Å². The minimum atomic E-state index is -4.45. The highest BCUT2D eigenvalue weighted by molar-refractivity contribution is 5.95. The van der Waals surface area contributed by atoms with Crippen LogP contribution in [-0.4, -0.2) is 58.7 Å². The Labute approximate surface area is 319 Å². The van der Waals surface area contributed by atoms with Crippen LogP contribution in [0.2, 0.25) is 0 Å². The highest BCUT2D eigenvalue weighted by Crippen LogP contribution is 2.29. The summed E-state index contributed by atoms with van der Waals surface area (Å²) in [5.41, 5.74) is 5.14. The molecular weight excluding hydrogens is 684 g/mol. The number of hydrogen-bond donors (Lipinski definition) is 0. The van der Waals surface area contributed by atoms with E-state index in [-0.39, 0.29) is 23.8 Å². The van der Waals surface area contributed by atoms with Crippen molar-refractivity contribution in [3.8, 4) is 0 Å². The van der Waals surface area contributed by atoms with Gasteiger partial charge in [0, 0.05) is 51.8 Å². The summed E-state index contributed by atoms with van der Waals surface area (Å²) in [6.45, 7) is 12.2. The van der Waals surface area contributed by atoms with Gasteiger partial charge in [-0.25, -0.2) is 0 Å². The summed E-state index contributed by atoms with van der Waals surface area (Å²) >= 11 is 0. The molecule has 4 aromatic rings. The molecule has 0 saturated carbocycles. The number of carbonyl (C=O) groups excluding carboxylic acids is 2. The number of halogens is 3. The lowest BCUT2D eigenvalue weighted by atomic mass is 9.86. The Bertz CT molecular complexity index is 1810. The Hall–Kier alpha value is -4.69. The number of hydrogen-bond acceptors (Lipinski definition) is 3. The third kappa shape index (κ3) is 11.7. The molecule has 0 N–H and O–H groups in total. The second kappa shape index (κ2) is 18.6. The van der Waals surface area contributed by atoms with E-state index < -0.39 is 17.8 Å². The predicted molar refractivity (Wildman–Crippen MR) is 212 cm³/mol. The molecule has 4 aromatic carbocycles. The topological polar surface area (TPSA) is 43.9 Å². The van der Waals surface area contributed by atoms with E-state index in [0.29, 0.717) is 25.1 Å². The Morgan fingerprint density at radius 2 is 1.31 bits per heavy atom. The largest absolute Gasteiger partial charge is 0.416 e. The van der Waals surface area contributed by atoms with Gasteiger partial charge in [0.2, 0.25) is 11.8 Å². The first-order valence-electron chi connectivity index (χ1n) is 19.2. The molecule has 0 aromatic heterocycles. The zero-order valence-electron chi connectivity index (χ0n) is 32.1. The van der Waals surface area contributed by atoms with Crippen molar-refractivity contribution < 1.29 is 22.8 Å². The molecule has 1 heterocycles. The fraction of sp³-hybridized carbons (Fsp3) is 0.391. The van der Waals surface area contributed by atoms with Gasteiger partial charge in [-0.05, 0) is 69.8 Å². The van der Waals surface area contributed by atoms with Crippen molar-refractivity contribution in [3.63, 3.8) is 0 Å². The van der Waals surface area contributed by atoms with E-state index in [1.165, 1.54) is 41.0 Å². The molecule has 0 bridgehead atoms. The molecule has 1 aliphatic heterocycles. The number of rotatable bonds is 14. The Balaban J connectivity index is 1.45. The summed E-state index contributed by atoms with van der Waals surface area (Å²) in [5.74, 6) is -0.490. The van der Waals surface area contributed by atoms with Crippen LogP contribution in [0.1, 0.15) is 85.9 Å². The summed E-state index contributed by atoms with van der Waals surface area (Å²) in [6.07, 6.45) is 3.17. The van der Waals surface area contributed by atoms with Crippen LogP contribution in [0.4, 0.5) is 13.2 Å². The third-order valence-electron chi connectivity index (χ3n) is 10.2. The van der Waals surface area contributed by atoms with E-state index in [0.717, 1.165) is 68.6 Å². The molecule has 0 radical (unpaired) electrons. The zero-order chi connectivity index (χ0) is 38.7. The zero-order valence-corrected chi connectivity index (χ0v) is 32.1. The molecule has 5 rings (SSSR count). The summed E-state index contributed by atoms with van der Waals surface area (Å²) in [5, 5.41) is 0. The Kier molecular flexibility index (Phi) is 13.9. The molecular formula is C46H54F3N3O2. The van der Waals surface area contributed by atoms with Crippen molar-refractivity contribution in [2.45, 2.75) is 90.5 Å². The molecule has 0 aliphatic carbocycles. The summed E-state index contributed by atoms with van der Waals surface area (Å²) in [4.78, 5) is 34.9. The van der Waals surface area contributed by atoms with Crippen LogP contribution in [0.25, 0.3) is 6.08 Å². The van der Waals surface area contributed by atoms with Crippen LogP contribution in [0.3, 0.4) is 0 Å². The first-order valence-corrected chi connectivity index (χ1v) is 19.2. The van der Waals surface area contributed by atoms with E-state index in [4.69, 9.17) is 0 Å². The highest BCUT2D eigenvalue weighted by Gasteiger charge is 2.34. The molecule has 0 unspecified atom stereocenters. The van der Waals surface area contributed by atoms with Gasteiger partial charge < -0.3 is 9.80 Å². The predicted octanol–water partition coefficient (Wildman–Crippen LogP) is 9.73. The molecule has 286 valence electrons. The van der Waals surface area contributed by atoms with Gasteiger partial charge >= 0.3 is 6.18 Å². The number of nitrogens with zero attached hydrogens (tertiary/aromatic N) is 3. The van der Waals surface area contributed by atoms with E-state index >= 15 is 0 Å². The average molecular weight is 738 g/mol. The lowest BCUT2D eigenvalue weighted by Crippen LogP contribution is -2.56. The molecule has 8 heteroatoms. The SMILES string of the molecule is CCCCCc1ccc(CN(C(=O)/C=C/c2ccc(C(F)(F)F)cc2)[C@@H](Cc2ccc(C(C)(C)C)cc2)C(=O)N2CCN(Cc3ccccc3)CC2)cc1. The third-order valence-corrected chi connectivity index (χ3v) is 10.2. The number of aryl methyl sites for hydroxylation is 1. The molecule has 1 atom stereocenters. The average Bonchev–Trinajstić information content (AvgIpc) is 3.16. The van der Waals surface area contributed by atoms with Crippen LogP contribution >= 0.6 is 0 Å². The standard InChI is InChI=1S/C46H54F3N3O2/c1-5-6-8-11-35-14-16-39(17-15-35)34-52(43(53)27-22-36-18-25-41(26-19-36)46(47,48)49)42(32-37-20-23-40(24-21-37)45(2,3)4)44(54)51-30-28-50(29-31-51)33-38-12-9-7-10-13-38/h7,9-10,12-27,42H,5-6,8,11,28-34H2,1-4H3/b27-22+/t42-/m0/s1. The number of alkyl halides is 3. The lowest BCUT2D eigenvalue weighted by molar-refractivity contribution is -0.145. The van der Waals surface area contributed by atoms with Crippen LogP contribution < -0.4 is 0 Å². The maximum absolute atomic E-state index is 14.7. The normalized spacial score (nSPS) is 14.7. The number of piperazine rings is 1. The van der Waals surface area contributed by atoms with Gasteiger partial charge in [0.05, 0.1) is 5.56 Å². The lowest BCUT2D eigenvalue weighted by Gasteiger charge is -2.39. The van der Waals surface area contributed by atoms with E-state index in [9.17, 15) is 22.8 Å².